The number of nitro groups is 1. The van der Waals surface area contributed by atoms with Gasteiger partial charge in [-0.25, -0.2) is 9.78 Å². The first-order valence-corrected chi connectivity index (χ1v) is 6.09. The first-order valence-electron chi connectivity index (χ1n) is 5.71. The van der Waals surface area contributed by atoms with Gasteiger partial charge in [0.15, 0.2) is 0 Å². The molecule has 0 fully saturated rings. The zero-order chi connectivity index (χ0) is 15.6. The third-order valence-electron chi connectivity index (χ3n) is 2.67. The van der Waals surface area contributed by atoms with Crippen molar-refractivity contribution in [1.82, 2.24) is 4.98 Å². The van der Waals surface area contributed by atoms with Crippen LogP contribution in [0.2, 0.25) is 5.02 Å². The number of nitro benzene ring substituents is 1. The lowest BCUT2D eigenvalue weighted by Crippen LogP contribution is -2.01. The van der Waals surface area contributed by atoms with Crippen LogP contribution in [0.15, 0.2) is 30.5 Å². The number of nitrogens with zero attached hydrogens (tertiary/aromatic N) is 2. The number of carbonyl (C=O) groups is 1. The second kappa shape index (κ2) is 5.76. The molecule has 7 nitrogen and oxygen atoms in total. The van der Waals surface area contributed by atoms with Crippen molar-refractivity contribution in [1.29, 1.82) is 0 Å². The highest BCUT2D eigenvalue weighted by Gasteiger charge is 2.21. The Bertz CT molecular complexity index is 732. The molecule has 21 heavy (non-hydrogen) atoms. The molecular formula is C13H9ClN2O5. The summed E-state index contributed by atoms with van der Waals surface area (Å²) in [5.74, 6) is -1.47. The van der Waals surface area contributed by atoms with Gasteiger partial charge in [-0.3, -0.25) is 10.1 Å². The Morgan fingerprint density at radius 1 is 1.43 bits per heavy atom. The summed E-state index contributed by atoms with van der Waals surface area (Å²) in [6.07, 6.45) is 1.20. The summed E-state index contributed by atoms with van der Waals surface area (Å²) < 4.78 is 5.38. The largest absolute Gasteiger partial charge is 0.478 e. The molecule has 0 aliphatic rings. The van der Waals surface area contributed by atoms with E-state index in [1.54, 1.807) is 13.0 Å². The topological polar surface area (TPSA) is 103 Å². The summed E-state index contributed by atoms with van der Waals surface area (Å²) >= 11 is 5.90. The summed E-state index contributed by atoms with van der Waals surface area (Å²) in [6.45, 7) is 1.62. The third kappa shape index (κ3) is 2.92. The van der Waals surface area contributed by atoms with Crippen LogP contribution >= 0.6 is 11.6 Å². The highest BCUT2D eigenvalue weighted by molar-refractivity contribution is 6.34. The quantitative estimate of drug-likeness (QED) is 0.685. The van der Waals surface area contributed by atoms with E-state index >= 15 is 0 Å². The van der Waals surface area contributed by atoms with Gasteiger partial charge in [0.05, 0.1) is 10.5 Å². The molecular weight excluding hydrogens is 300 g/mol. The van der Waals surface area contributed by atoms with E-state index in [1.165, 1.54) is 24.4 Å². The summed E-state index contributed by atoms with van der Waals surface area (Å²) in [7, 11) is 0. The maximum Gasteiger partial charge on any atom is 0.337 e. The summed E-state index contributed by atoms with van der Waals surface area (Å²) in [6, 6.07) is 5.63. The van der Waals surface area contributed by atoms with Crippen molar-refractivity contribution in [2.75, 3.05) is 0 Å². The Kier molecular flexibility index (Phi) is 4.04. The van der Waals surface area contributed by atoms with Crippen molar-refractivity contribution in [2.45, 2.75) is 6.92 Å². The molecule has 0 aliphatic heterocycles. The predicted octanol–water partition coefficient (Wildman–Crippen LogP) is 3.44. The number of pyridine rings is 1. The van der Waals surface area contributed by atoms with Gasteiger partial charge in [0.2, 0.25) is 11.6 Å². The van der Waals surface area contributed by atoms with Gasteiger partial charge in [-0.1, -0.05) is 23.7 Å². The first-order chi connectivity index (χ1) is 9.91. The van der Waals surface area contributed by atoms with Gasteiger partial charge >= 0.3 is 11.7 Å². The highest BCUT2D eigenvalue weighted by atomic mass is 35.5. The zero-order valence-electron chi connectivity index (χ0n) is 10.7. The number of para-hydroxylation sites is 1. The number of hydrogen-bond acceptors (Lipinski definition) is 5. The number of aromatic carboxylic acids is 1. The lowest BCUT2D eigenvalue weighted by Gasteiger charge is -2.10. The molecule has 0 atom stereocenters. The number of aromatic nitrogens is 1. The molecule has 0 saturated carbocycles. The van der Waals surface area contributed by atoms with Crippen molar-refractivity contribution < 1.29 is 19.6 Å². The number of carboxylic acids is 1. The number of rotatable bonds is 4. The van der Waals surface area contributed by atoms with Gasteiger partial charge in [0.1, 0.15) is 5.02 Å². The molecule has 1 aromatic heterocycles. The molecule has 0 spiro atoms. The van der Waals surface area contributed by atoms with Crippen LogP contribution < -0.4 is 4.74 Å². The van der Waals surface area contributed by atoms with Crippen LogP contribution in [0.1, 0.15) is 15.9 Å². The fourth-order valence-electron chi connectivity index (χ4n) is 1.67. The zero-order valence-corrected chi connectivity index (χ0v) is 11.5. The fraction of sp³-hybridized carbons (Fsp3) is 0.0769. The van der Waals surface area contributed by atoms with Crippen LogP contribution in [0.3, 0.4) is 0 Å². The molecule has 0 unspecified atom stereocenters. The smallest absolute Gasteiger partial charge is 0.337 e. The Balaban J connectivity index is 2.51. The molecule has 2 aromatic rings. The average Bonchev–Trinajstić information content (AvgIpc) is 2.42. The number of carboxylic acid groups (broad SMARTS) is 1. The van der Waals surface area contributed by atoms with E-state index in [2.05, 4.69) is 4.98 Å². The molecule has 0 radical (unpaired) electrons. The lowest BCUT2D eigenvalue weighted by atomic mass is 10.2. The van der Waals surface area contributed by atoms with E-state index in [9.17, 15) is 14.9 Å². The SMILES string of the molecule is Cc1cccc([N+](=O)[O-])c1Oc1nccc(C(=O)O)c1Cl. The number of ether oxygens (including phenoxy) is 1. The number of hydrogen-bond donors (Lipinski definition) is 1. The van der Waals surface area contributed by atoms with Crippen LogP contribution in [0.5, 0.6) is 11.6 Å². The van der Waals surface area contributed by atoms with E-state index in [4.69, 9.17) is 21.4 Å². The predicted molar refractivity (Wildman–Crippen MR) is 74.1 cm³/mol. The standard InChI is InChI=1S/C13H9ClN2O5/c1-7-3-2-4-9(16(19)20)11(7)21-12-10(14)8(13(17)18)5-6-15-12/h2-6H,1H3,(H,17,18). The van der Waals surface area contributed by atoms with Crippen LogP contribution in [0.4, 0.5) is 5.69 Å². The number of benzene rings is 1. The van der Waals surface area contributed by atoms with E-state index in [1.807, 2.05) is 0 Å². The number of halogens is 1. The minimum Gasteiger partial charge on any atom is -0.478 e. The molecule has 0 amide bonds. The van der Waals surface area contributed by atoms with Crippen LogP contribution in [-0.4, -0.2) is 21.0 Å². The van der Waals surface area contributed by atoms with Gasteiger partial charge in [0.25, 0.3) is 0 Å². The molecule has 0 aliphatic carbocycles. The van der Waals surface area contributed by atoms with Crippen LogP contribution in [0.25, 0.3) is 0 Å². The first kappa shape index (κ1) is 14.7. The van der Waals surface area contributed by atoms with Crippen molar-refractivity contribution in [3.63, 3.8) is 0 Å². The Morgan fingerprint density at radius 2 is 2.14 bits per heavy atom. The van der Waals surface area contributed by atoms with Crippen LogP contribution in [0, 0.1) is 17.0 Å². The second-order valence-corrected chi connectivity index (χ2v) is 4.44. The normalized spacial score (nSPS) is 10.2. The Hall–Kier alpha value is -2.67. The molecule has 1 N–H and O–H groups in total. The molecule has 2 rings (SSSR count). The minimum atomic E-state index is -1.24. The van der Waals surface area contributed by atoms with Gasteiger partial charge < -0.3 is 9.84 Å². The van der Waals surface area contributed by atoms with Crippen molar-refractivity contribution in [2.24, 2.45) is 0 Å². The average molecular weight is 309 g/mol. The summed E-state index contributed by atoms with van der Waals surface area (Å²) in [4.78, 5) is 25.2. The maximum atomic E-state index is 11.0. The van der Waals surface area contributed by atoms with E-state index in [-0.39, 0.29) is 27.9 Å². The van der Waals surface area contributed by atoms with Crippen molar-refractivity contribution >= 4 is 23.3 Å². The molecule has 1 heterocycles. The summed E-state index contributed by atoms with van der Waals surface area (Å²) in [5, 5.41) is 19.8. The van der Waals surface area contributed by atoms with Crippen LogP contribution in [-0.2, 0) is 0 Å². The van der Waals surface area contributed by atoms with E-state index in [0.29, 0.717) is 5.56 Å². The molecule has 108 valence electrons. The molecule has 0 saturated heterocycles. The Morgan fingerprint density at radius 3 is 2.76 bits per heavy atom. The molecule has 1 aromatic carbocycles. The highest BCUT2D eigenvalue weighted by Crippen LogP contribution is 2.36. The monoisotopic (exact) mass is 308 g/mol. The lowest BCUT2D eigenvalue weighted by molar-refractivity contribution is -0.385. The minimum absolute atomic E-state index is 0.0283. The second-order valence-electron chi connectivity index (χ2n) is 4.07. The maximum absolute atomic E-state index is 11.0. The van der Waals surface area contributed by atoms with E-state index in [0.717, 1.165) is 0 Å². The molecule has 0 bridgehead atoms. The Labute approximate surface area is 123 Å². The van der Waals surface area contributed by atoms with Gasteiger partial charge in [-0.2, -0.15) is 0 Å². The van der Waals surface area contributed by atoms with Gasteiger partial charge in [0, 0.05) is 12.3 Å². The van der Waals surface area contributed by atoms with Crippen molar-refractivity contribution in [3.8, 4) is 11.6 Å². The van der Waals surface area contributed by atoms with E-state index < -0.39 is 10.9 Å². The van der Waals surface area contributed by atoms with Gasteiger partial charge in [-0.05, 0) is 18.6 Å². The third-order valence-corrected chi connectivity index (χ3v) is 3.04. The summed E-state index contributed by atoms with van der Waals surface area (Å²) in [5.41, 5.74) is 0.0503. The number of aryl methyl sites for hydroxylation is 1. The molecule has 8 heteroatoms. The fourth-order valence-corrected chi connectivity index (χ4v) is 1.90. The van der Waals surface area contributed by atoms with Crippen molar-refractivity contribution in [3.05, 3.63) is 56.7 Å². The van der Waals surface area contributed by atoms with Gasteiger partial charge in [-0.15, -0.1) is 0 Å².